The Kier molecular flexibility index (Phi) is 4.22. The van der Waals surface area contributed by atoms with Gasteiger partial charge < -0.3 is 9.84 Å². The number of benzene rings is 1. The van der Waals surface area contributed by atoms with E-state index < -0.39 is 12.5 Å². The van der Waals surface area contributed by atoms with E-state index >= 15 is 0 Å². The summed E-state index contributed by atoms with van der Waals surface area (Å²) in [6.45, 7) is 3.86. The summed E-state index contributed by atoms with van der Waals surface area (Å²) in [6, 6.07) is 5.39. The van der Waals surface area contributed by atoms with E-state index in [2.05, 4.69) is 9.84 Å². The maximum Gasteiger partial charge on any atom is 0.573 e. The van der Waals surface area contributed by atoms with E-state index in [1.54, 1.807) is 10.9 Å². The Labute approximate surface area is 119 Å². The van der Waals surface area contributed by atoms with Crippen LogP contribution in [0.25, 0.3) is 0 Å². The first-order chi connectivity index (χ1) is 9.76. The number of aromatic nitrogens is 2. The van der Waals surface area contributed by atoms with Crippen molar-refractivity contribution in [3.05, 3.63) is 47.8 Å². The minimum absolute atomic E-state index is 0.130. The summed E-state index contributed by atoms with van der Waals surface area (Å²) in [7, 11) is 0. The lowest BCUT2D eigenvalue weighted by molar-refractivity contribution is -0.274. The zero-order valence-corrected chi connectivity index (χ0v) is 11.5. The van der Waals surface area contributed by atoms with Gasteiger partial charge in [0.1, 0.15) is 11.9 Å². The molecule has 1 atom stereocenters. The van der Waals surface area contributed by atoms with Crippen LogP contribution in [-0.2, 0) is 0 Å². The van der Waals surface area contributed by atoms with Crippen molar-refractivity contribution < 1.29 is 23.0 Å². The van der Waals surface area contributed by atoms with Gasteiger partial charge in [-0.25, -0.2) is 0 Å². The van der Waals surface area contributed by atoms with Crippen LogP contribution in [0.1, 0.15) is 37.1 Å². The van der Waals surface area contributed by atoms with Crippen molar-refractivity contribution in [2.24, 2.45) is 0 Å². The fourth-order valence-corrected chi connectivity index (χ4v) is 1.85. The SMILES string of the molecule is CC(C)n1cc(C(O)c2cccc(OC(F)(F)F)c2)cn1. The van der Waals surface area contributed by atoms with E-state index in [0.29, 0.717) is 11.1 Å². The number of aliphatic hydroxyl groups excluding tert-OH is 1. The van der Waals surface area contributed by atoms with Gasteiger partial charge in [-0.2, -0.15) is 5.10 Å². The van der Waals surface area contributed by atoms with Crippen molar-refractivity contribution >= 4 is 0 Å². The molecule has 1 N–H and O–H groups in total. The summed E-state index contributed by atoms with van der Waals surface area (Å²) in [5.74, 6) is -0.365. The molecular weight excluding hydrogens is 285 g/mol. The first-order valence-electron chi connectivity index (χ1n) is 6.34. The number of alkyl halides is 3. The predicted molar refractivity (Wildman–Crippen MR) is 69.8 cm³/mol. The molecule has 0 radical (unpaired) electrons. The van der Waals surface area contributed by atoms with Crippen molar-refractivity contribution in [2.75, 3.05) is 0 Å². The highest BCUT2D eigenvalue weighted by atomic mass is 19.4. The smallest absolute Gasteiger partial charge is 0.406 e. The predicted octanol–water partition coefficient (Wildman–Crippen LogP) is 3.44. The van der Waals surface area contributed by atoms with Crippen LogP contribution >= 0.6 is 0 Å². The van der Waals surface area contributed by atoms with E-state index in [4.69, 9.17) is 0 Å². The van der Waals surface area contributed by atoms with Crippen LogP contribution in [0.3, 0.4) is 0 Å². The normalized spacial score (nSPS) is 13.5. The first kappa shape index (κ1) is 15.4. The van der Waals surface area contributed by atoms with E-state index in [1.165, 1.54) is 24.4 Å². The molecule has 1 aromatic carbocycles. The molecule has 0 aliphatic carbocycles. The summed E-state index contributed by atoms with van der Waals surface area (Å²) in [4.78, 5) is 0. The summed E-state index contributed by atoms with van der Waals surface area (Å²) in [5, 5.41) is 14.3. The van der Waals surface area contributed by atoms with Gasteiger partial charge in [-0.05, 0) is 31.5 Å². The number of aliphatic hydroxyl groups is 1. The highest BCUT2D eigenvalue weighted by molar-refractivity contribution is 5.34. The number of rotatable bonds is 4. The van der Waals surface area contributed by atoms with E-state index in [-0.39, 0.29) is 11.8 Å². The van der Waals surface area contributed by atoms with Gasteiger partial charge in [-0.3, -0.25) is 4.68 Å². The molecule has 1 aromatic heterocycles. The Balaban J connectivity index is 2.22. The Morgan fingerprint density at radius 1 is 1.24 bits per heavy atom. The molecular formula is C14H15F3N2O2. The Morgan fingerprint density at radius 2 is 1.95 bits per heavy atom. The second kappa shape index (κ2) is 5.77. The third-order valence-corrected chi connectivity index (χ3v) is 2.87. The van der Waals surface area contributed by atoms with Gasteiger partial charge in [0.05, 0.1) is 6.20 Å². The number of hydrogen-bond donors (Lipinski definition) is 1. The van der Waals surface area contributed by atoms with Crippen LogP contribution in [0.5, 0.6) is 5.75 Å². The molecule has 7 heteroatoms. The van der Waals surface area contributed by atoms with Crippen LogP contribution in [-0.4, -0.2) is 21.2 Å². The lowest BCUT2D eigenvalue weighted by atomic mass is 10.0. The van der Waals surface area contributed by atoms with Crippen molar-refractivity contribution in [2.45, 2.75) is 32.4 Å². The average molecular weight is 300 g/mol. The molecule has 114 valence electrons. The zero-order chi connectivity index (χ0) is 15.6. The standard InChI is InChI=1S/C14H15F3N2O2/c1-9(2)19-8-11(7-18-19)13(20)10-4-3-5-12(6-10)21-14(15,16)17/h3-9,13,20H,1-2H3. The van der Waals surface area contributed by atoms with Crippen molar-refractivity contribution in [3.8, 4) is 5.75 Å². The molecule has 0 fully saturated rings. The zero-order valence-electron chi connectivity index (χ0n) is 11.5. The lowest BCUT2D eigenvalue weighted by Gasteiger charge is -2.13. The largest absolute Gasteiger partial charge is 0.573 e. The van der Waals surface area contributed by atoms with Crippen molar-refractivity contribution in [1.29, 1.82) is 0 Å². The summed E-state index contributed by atoms with van der Waals surface area (Å²) in [5.41, 5.74) is 0.813. The van der Waals surface area contributed by atoms with Gasteiger partial charge in [0, 0.05) is 17.8 Å². The maximum atomic E-state index is 12.2. The Morgan fingerprint density at radius 3 is 2.52 bits per heavy atom. The van der Waals surface area contributed by atoms with Crippen molar-refractivity contribution in [3.63, 3.8) is 0 Å². The fourth-order valence-electron chi connectivity index (χ4n) is 1.85. The van der Waals surface area contributed by atoms with Crippen LogP contribution in [0, 0.1) is 0 Å². The molecule has 0 spiro atoms. The molecule has 1 heterocycles. The second-order valence-corrected chi connectivity index (χ2v) is 4.87. The van der Waals surface area contributed by atoms with Gasteiger partial charge in [-0.15, -0.1) is 13.2 Å². The highest BCUT2D eigenvalue weighted by Crippen LogP contribution is 2.28. The maximum absolute atomic E-state index is 12.2. The van der Waals surface area contributed by atoms with Gasteiger partial charge in [0.15, 0.2) is 0 Å². The van der Waals surface area contributed by atoms with Crippen LogP contribution in [0.15, 0.2) is 36.7 Å². The van der Waals surface area contributed by atoms with Crippen LogP contribution < -0.4 is 4.74 Å². The average Bonchev–Trinajstić information content (AvgIpc) is 2.85. The van der Waals surface area contributed by atoms with Gasteiger partial charge in [0.2, 0.25) is 0 Å². The molecule has 0 amide bonds. The topological polar surface area (TPSA) is 47.3 Å². The minimum atomic E-state index is -4.76. The fraction of sp³-hybridized carbons (Fsp3) is 0.357. The quantitative estimate of drug-likeness (QED) is 0.941. The highest BCUT2D eigenvalue weighted by Gasteiger charge is 2.31. The van der Waals surface area contributed by atoms with E-state index in [9.17, 15) is 18.3 Å². The molecule has 0 saturated carbocycles. The van der Waals surface area contributed by atoms with Gasteiger partial charge in [0.25, 0.3) is 0 Å². The van der Waals surface area contributed by atoms with Gasteiger partial charge in [-0.1, -0.05) is 12.1 Å². The monoisotopic (exact) mass is 300 g/mol. The Hall–Kier alpha value is -2.02. The molecule has 0 bridgehead atoms. The van der Waals surface area contributed by atoms with E-state index in [0.717, 1.165) is 6.07 Å². The summed E-state index contributed by atoms with van der Waals surface area (Å²) in [6.07, 6.45) is -2.67. The molecule has 0 aliphatic heterocycles. The lowest BCUT2D eigenvalue weighted by Crippen LogP contribution is -2.17. The van der Waals surface area contributed by atoms with Crippen LogP contribution in [0.4, 0.5) is 13.2 Å². The molecule has 0 saturated heterocycles. The molecule has 21 heavy (non-hydrogen) atoms. The number of nitrogens with zero attached hydrogens (tertiary/aromatic N) is 2. The summed E-state index contributed by atoms with van der Waals surface area (Å²) < 4.78 is 42.1. The molecule has 4 nitrogen and oxygen atoms in total. The summed E-state index contributed by atoms with van der Waals surface area (Å²) >= 11 is 0. The third-order valence-electron chi connectivity index (χ3n) is 2.87. The van der Waals surface area contributed by atoms with E-state index in [1.807, 2.05) is 13.8 Å². The second-order valence-electron chi connectivity index (χ2n) is 4.87. The number of halogens is 3. The van der Waals surface area contributed by atoms with Crippen LogP contribution in [0.2, 0.25) is 0 Å². The molecule has 0 aliphatic rings. The first-order valence-corrected chi connectivity index (χ1v) is 6.34. The van der Waals surface area contributed by atoms with Crippen molar-refractivity contribution in [1.82, 2.24) is 9.78 Å². The number of hydrogen-bond acceptors (Lipinski definition) is 3. The third kappa shape index (κ3) is 3.98. The molecule has 2 aromatic rings. The minimum Gasteiger partial charge on any atom is -0.406 e. The molecule has 2 rings (SSSR count). The van der Waals surface area contributed by atoms with Gasteiger partial charge >= 0.3 is 6.36 Å². The number of ether oxygens (including phenoxy) is 1. The molecule has 1 unspecified atom stereocenters. The Bertz CT molecular complexity index is 608.